The van der Waals surface area contributed by atoms with Gasteiger partial charge in [-0.15, -0.1) is 0 Å². The highest BCUT2D eigenvalue weighted by atomic mass is 79.9. The summed E-state index contributed by atoms with van der Waals surface area (Å²) in [6.07, 6.45) is 0.993. The van der Waals surface area contributed by atoms with Gasteiger partial charge < -0.3 is 10.4 Å². The molecule has 0 aliphatic heterocycles. The van der Waals surface area contributed by atoms with Gasteiger partial charge in [0.15, 0.2) is 0 Å². The molecule has 1 aromatic carbocycles. The second kappa shape index (κ2) is 5.91. The first-order valence-electron chi connectivity index (χ1n) is 6.37. The van der Waals surface area contributed by atoms with Crippen LogP contribution >= 0.6 is 15.9 Å². The van der Waals surface area contributed by atoms with Crippen molar-refractivity contribution >= 4 is 33.5 Å². The molecule has 2 rings (SSSR count). The normalized spacial score (nSPS) is 25.4. The topological polar surface area (TPSA) is 66.4 Å². The Balaban J connectivity index is 2.15. The molecule has 4 nitrogen and oxygen atoms in total. The fourth-order valence-corrected chi connectivity index (χ4v) is 3.03. The van der Waals surface area contributed by atoms with E-state index in [4.69, 9.17) is 5.11 Å². The predicted molar refractivity (Wildman–Crippen MR) is 75.7 cm³/mol. The molecule has 0 aromatic heterocycles. The van der Waals surface area contributed by atoms with Crippen molar-refractivity contribution in [2.24, 2.45) is 17.8 Å². The Morgan fingerprint density at radius 3 is 2.65 bits per heavy atom. The Morgan fingerprint density at radius 2 is 2.00 bits per heavy atom. The minimum Gasteiger partial charge on any atom is -0.481 e. The van der Waals surface area contributed by atoms with Gasteiger partial charge in [-0.1, -0.05) is 22.9 Å². The number of carboxylic acid groups (broad SMARTS) is 1. The Morgan fingerprint density at radius 1 is 1.35 bits per heavy atom. The van der Waals surface area contributed by atoms with Gasteiger partial charge in [0.1, 0.15) is 5.82 Å². The van der Waals surface area contributed by atoms with Crippen molar-refractivity contribution < 1.29 is 19.1 Å². The lowest BCUT2D eigenvalue weighted by atomic mass is 9.95. The minimum atomic E-state index is -0.968. The zero-order valence-corrected chi connectivity index (χ0v) is 12.5. The SMILES string of the molecule is CC1C[C@H](C(=O)Nc2cc(Br)ccc2F)[C@H](C(=O)O)C1. The van der Waals surface area contributed by atoms with Crippen molar-refractivity contribution in [3.63, 3.8) is 0 Å². The third-order valence-corrected chi connectivity index (χ3v) is 4.13. The molecule has 1 aliphatic carbocycles. The monoisotopic (exact) mass is 343 g/mol. The highest BCUT2D eigenvalue weighted by Gasteiger charge is 2.41. The highest BCUT2D eigenvalue weighted by Crippen LogP contribution is 2.37. The lowest BCUT2D eigenvalue weighted by Gasteiger charge is -2.16. The first kappa shape index (κ1) is 15.0. The molecule has 0 radical (unpaired) electrons. The number of rotatable bonds is 3. The van der Waals surface area contributed by atoms with Crippen molar-refractivity contribution in [2.75, 3.05) is 5.32 Å². The summed E-state index contributed by atoms with van der Waals surface area (Å²) in [6, 6.07) is 4.23. The molecule has 6 heteroatoms. The molecule has 0 saturated heterocycles. The number of hydrogen-bond donors (Lipinski definition) is 2. The molecule has 0 bridgehead atoms. The highest BCUT2D eigenvalue weighted by molar-refractivity contribution is 9.10. The average molecular weight is 344 g/mol. The van der Waals surface area contributed by atoms with E-state index in [0.717, 1.165) is 0 Å². The molecule has 1 saturated carbocycles. The molecule has 0 heterocycles. The summed E-state index contributed by atoms with van der Waals surface area (Å²) in [5.74, 6) is -3.07. The number of anilines is 1. The van der Waals surface area contributed by atoms with Gasteiger partial charge in [0, 0.05) is 4.47 Å². The van der Waals surface area contributed by atoms with Gasteiger partial charge >= 0.3 is 5.97 Å². The van der Waals surface area contributed by atoms with Gasteiger partial charge in [-0.25, -0.2) is 4.39 Å². The van der Waals surface area contributed by atoms with Gasteiger partial charge in [0.2, 0.25) is 5.91 Å². The summed E-state index contributed by atoms with van der Waals surface area (Å²) in [7, 11) is 0. The van der Waals surface area contributed by atoms with Crippen molar-refractivity contribution in [1.82, 2.24) is 0 Å². The first-order chi connectivity index (χ1) is 9.38. The molecule has 1 fully saturated rings. The van der Waals surface area contributed by atoms with Crippen LogP contribution in [0.3, 0.4) is 0 Å². The number of benzene rings is 1. The van der Waals surface area contributed by atoms with Crippen LogP contribution in [0.2, 0.25) is 0 Å². The van der Waals surface area contributed by atoms with Crippen LogP contribution in [-0.4, -0.2) is 17.0 Å². The summed E-state index contributed by atoms with van der Waals surface area (Å²) < 4.78 is 14.2. The standard InChI is InChI=1S/C14H15BrFNO3/c1-7-4-9(10(5-7)14(19)20)13(18)17-12-6-8(15)2-3-11(12)16/h2-3,6-7,9-10H,4-5H2,1H3,(H,17,18)(H,19,20)/t7?,9-,10+/m0/s1. The van der Waals surface area contributed by atoms with Crippen molar-refractivity contribution in [3.05, 3.63) is 28.5 Å². The average Bonchev–Trinajstić information content (AvgIpc) is 2.76. The van der Waals surface area contributed by atoms with Crippen molar-refractivity contribution in [1.29, 1.82) is 0 Å². The maximum Gasteiger partial charge on any atom is 0.307 e. The van der Waals surface area contributed by atoms with Crippen LogP contribution in [0.5, 0.6) is 0 Å². The molecule has 3 atom stereocenters. The second-order valence-corrected chi connectivity index (χ2v) is 6.16. The van der Waals surface area contributed by atoms with Gasteiger partial charge in [-0.2, -0.15) is 0 Å². The Bertz CT molecular complexity index is 549. The first-order valence-corrected chi connectivity index (χ1v) is 7.16. The van der Waals surface area contributed by atoms with E-state index in [1.807, 2.05) is 6.92 Å². The molecule has 1 amide bonds. The lowest BCUT2D eigenvalue weighted by molar-refractivity contribution is -0.145. The van der Waals surface area contributed by atoms with E-state index in [1.54, 1.807) is 0 Å². The van der Waals surface area contributed by atoms with Crippen LogP contribution in [0.1, 0.15) is 19.8 Å². The lowest BCUT2D eigenvalue weighted by Crippen LogP contribution is -2.30. The van der Waals surface area contributed by atoms with Crippen LogP contribution in [0.4, 0.5) is 10.1 Å². The molecule has 0 spiro atoms. The number of carbonyl (C=O) groups is 2. The minimum absolute atomic E-state index is 0.0630. The van der Waals surface area contributed by atoms with E-state index in [0.29, 0.717) is 17.3 Å². The van der Waals surface area contributed by atoms with Gasteiger partial charge in [-0.3, -0.25) is 9.59 Å². The van der Waals surface area contributed by atoms with Crippen LogP contribution in [0, 0.1) is 23.6 Å². The summed E-state index contributed by atoms with van der Waals surface area (Å²) in [6.45, 7) is 1.92. The Hall–Kier alpha value is -1.43. The van der Waals surface area contributed by atoms with E-state index >= 15 is 0 Å². The van der Waals surface area contributed by atoms with E-state index < -0.39 is 29.5 Å². The summed E-state index contributed by atoms with van der Waals surface area (Å²) >= 11 is 3.20. The fraction of sp³-hybridized carbons (Fsp3) is 0.429. The third kappa shape index (κ3) is 3.17. The second-order valence-electron chi connectivity index (χ2n) is 5.24. The summed E-state index contributed by atoms with van der Waals surface area (Å²) in [5, 5.41) is 11.6. The number of carbonyl (C=O) groups excluding carboxylic acids is 1. The molecular weight excluding hydrogens is 329 g/mol. The fourth-order valence-electron chi connectivity index (χ4n) is 2.67. The van der Waals surface area contributed by atoms with Crippen molar-refractivity contribution in [3.8, 4) is 0 Å². The van der Waals surface area contributed by atoms with E-state index in [-0.39, 0.29) is 11.6 Å². The maximum absolute atomic E-state index is 13.6. The van der Waals surface area contributed by atoms with Crippen molar-refractivity contribution in [2.45, 2.75) is 19.8 Å². The third-order valence-electron chi connectivity index (χ3n) is 3.64. The molecule has 2 N–H and O–H groups in total. The molecule has 1 aromatic rings. The van der Waals surface area contributed by atoms with E-state index in [1.165, 1.54) is 18.2 Å². The van der Waals surface area contributed by atoms with Gasteiger partial charge in [0.05, 0.1) is 17.5 Å². The number of aliphatic carboxylic acids is 1. The number of nitrogens with one attached hydrogen (secondary N) is 1. The van der Waals surface area contributed by atoms with Gasteiger partial charge in [0.25, 0.3) is 0 Å². The molecule has 1 aliphatic rings. The van der Waals surface area contributed by atoms with E-state index in [9.17, 15) is 14.0 Å². The van der Waals surface area contributed by atoms with Crippen LogP contribution in [0.15, 0.2) is 22.7 Å². The molecule has 108 valence electrons. The number of carboxylic acids is 1. The van der Waals surface area contributed by atoms with E-state index in [2.05, 4.69) is 21.2 Å². The van der Waals surface area contributed by atoms with Gasteiger partial charge in [-0.05, 0) is 37.0 Å². The number of hydrogen-bond acceptors (Lipinski definition) is 2. The number of amides is 1. The van der Waals surface area contributed by atoms with Crippen LogP contribution < -0.4 is 5.32 Å². The Labute approximate surface area is 124 Å². The predicted octanol–water partition coefficient (Wildman–Crippen LogP) is 3.27. The smallest absolute Gasteiger partial charge is 0.307 e. The largest absolute Gasteiger partial charge is 0.481 e. The zero-order valence-electron chi connectivity index (χ0n) is 10.9. The van der Waals surface area contributed by atoms with Crippen LogP contribution in [-0.2, 0) is 9.59 Å². The molecular formula is C14H15BrFNO3. The van der Waals surface area contributed by atoms with Crippen LogP contribution in [0.25, 0.3) is 0 Å². The number of halogens is 2. The summed E-state index contributed by atoms with van der Waals surface area (Å²) in [5.41, 5.74) is 0.0630. The zero-order chi connectivity index (χ0) is 14.9. The summed E-state index contributed by atoms with van der Waals surface area (Å²) in [4.78, 5) is 23.4. The molecule has 1 unspecified atom stereocenters. The Kier molecular flexibility index (Phi) is 4.42. The quantitative estimate of drug-likeness (QED) is 0.884. The molecule has 20 heavy (non-hydrogen) atoms. The maximum atomic E-state index is 13.6.